The van der Waals surface area contributed by atoms with E-state index in [0.29, 0.717) is 17.8 Å². The Morgan fingerprint density at radius 3 is 2.27 bits per heavy atom. The average Bonchev–Trinajstić information content (AvgIpc) is 2.68. The Kier molecular flexibility index (Phi) is 6.25. The summed E-state index contributed by atoms with van der Waals surface area (Å²) < 4.78 is 0. The lowest BCUT2D eigenvalue weighted by atomic mass is 9.96. The molecule has 2 aromatic rings. The molecule has 1 aliphatic carbocycles. The minimum Gasteiger partial charge on any atom is -0.348 e. The number of anilines is 1. The third-order valence-corrected chi connectivity index (χ3v) is 4.64. The normalized spacial score (nSPS) is 14.5. The van der Waals surface area contributed by atoms with Crippen molar-refractivity contribution in [3.63, 3.8) is 0 Å². The first-order chi connectivity index (χ1) is 12.7. The van der Waals surface area contributed by atoms with Gasteiger partial charge in [-0.15, -0.1) is 0 Å². The minimum absolute atomic E-state index is 0.132. The van der Waals surface area contributed by atoms with Crippen molar-refractivity contribution in [2.75, 3.05) is 5.32 Å². The van der Waals surface area contributed by atoms with Gasteiger partial charge in [0.1, 0.15) is 0 Å². The van der Waals surface area contributed by atoms with Gasteiger partial charge in [0.2, 0.25) is 0 Å². The standard InChI is InChI=1S/C21H25N3O2/c25-20(22-15-16-7-3-1-4-8-16)17-11-13-19(14-12-17)24-21(26)23-18-9-5-2-6-10-18/h1,3-4,7-8,11-14,18H,2,5-6,9-10,15H2,(H,22,25)(H2,23,24,26). The second-order valence-electron chi connectivity index (χ2n) is 6.68. The molecule has 3 rings (SSSR count). The van der Waals surface area contributed by atoms with Crippen LogP contribution < -0.4 is 16.0 Å². The van der Waals surface area contributed by atoms with Crippen LogP contribution >= 0.6 is 0 Å². The number of nitrogens with one attached hydrogen (secondary N) is 3. The summed E-state index contributed by atoms with van der Waals surface area (Å²) in [5.74, 6) is -0.132. The molecule has 0 heterocycles. The zero-order valence-corrected chi connectivity index (χ0v) is 14.8. The molecule has 0 spiro atoms. The van der Waals surface area contributed by atoms with Gasteiger partial charge in [0.15, 0.2) is 0 Å². The highest BCUT2D eigenvalue weighted by Gasteiger charge is 2.15. The van der Waals surface area contributed by atoms with Crippen LogP contribution in [0, 0.1) is 0 Å². The van der Waals surface area contributed by atoms with Crippen LogP contribution in [0.5, 0.6) is 0 Å². The first-order valence-electron chi connectivity index (χ1n) is 9.20. The highest BCUT2D eigenvalue weighted by atomic mass is 16.2. The molecule has 5 heteroatoms. The van der Waals surface area contributed by atoms with Gasteiger partial charge in [0.25, 0.3) is 5.91 Å². The maximum atomic E-state index is 12.2. The molecule has 3 amide bonds. The Balaban J connectivity index is 1.47. The van der Waals surface area contributed by atoms with Crippen molar-refractivity contribution >= 4 is 17.6 Å². The fourth-order valence-corrected chi connectivity index (χ4v) is 3.18. The molecular weight excluding hydrogens is 326 g/mol. The number of benzene rings is 2. The Morgan fingerprint density at radius 1 is 0.885 bits per heavy atom. The zero-order valence-electron chi connectivity index (χ0n) is 14.8. The molecule has 1 aliphatic rings. The zero-order chi connectivity index (χ0) is 18.2. The molecule has 0 aliphatic heterocycles. The monoisotopic (exact) mass is 351 g/mol. The Bertz CT molecular complexity index is 723. The predicted octanol–water partition coefficient (Wildman–Crippen LogP) is 4.07. The molecule has 3 N–H and O–H groups in total. The summed E-state index contributed by atoms with van der Waals surface area (Å²) in [4.78, 5) is 24.3. The summed E-state index contributed by atoms with van der Waals surface area (Å²) in [6, 6.07) is 16.8. The van der Waals surface area contributed by atoms with Gasteiger partial charge in [-0.05, 0) is 42.7 Å². The molecule has 26 heavy (non-hydrogen) atoms. The van der Waals surface area contributed by atoms with E-state index >= 15 is 0 Å². The number of urea groups is 1. The molecule has 0 bridgehead atoms. The number of carbonyl (C=O) groups is 2. The van der Waals surface area contributed by atoms with Crippen molar-refractivity contribution in [2.45, 2.75) is 44.7 Å². The van der Waals surface area contributed by atoms with E-state index < -0.39 is 0 Å². The van der Waals surface area contributed by atoms with Crippen molar-refractivity contribution in [1.82, 2.24) is 10.6 Å². The second kappa shape index (κ2) is 9.04. The lowest BCUT2D eigenvalue weighted by molar-refractivity contribution is 0.0951. The van der Waals surface area contributed by atoms with Crippen molar-refractivity contribution in [2.24, 2.45) is 0 Å². The first kappa shape index (κ1) is 18.0. The summed E-state index contributed by atoms with van der Waals surface area (Å²) in [6.07, 6.45) is 5.71. The summed E-state index contributed by atoms with van der Waals surface area (Å²) in [6.45, 7) is 0.490. The van der Waals surface area contributed by atoms with Crippen molar-refractivity contribution in [1.29, 1.82) is 0 Å². The van der Waals surface area contributed by atoms with E-state index in [4.69, 9.17) is 0 Å². The van der Waals surface area contributed by atoms with Gasteiger partial charge in [-0.2, -0.15) is 0 Å². The number of rotatable bonds is 5. The van der Waals surface area contributed by atoms with Crippen LogP contribution in [0.25, 0.3) is 0 Å². The van der Waals surface area contributed by atoms with Gasteiger partial charge >= 0.3 is 6.03 Å². The summed E-state index contributed by atoms with van der Waals surface area (Å²) in [5, 5.41) is 8.74. The predicted molar refractivity (Wildman–Crippen MR) is 103 cm³/mol. The third-order valence-electron chi connectivity index (χ3n) is 4.64. The molecule has 0 atom stereocenters. The summed E-state index contributed by atoms with van der Waals surface area (Å²) >= 11 is 0. The molecule has 1 fully saturated rings. The number of hydrogen-bond acceptors (Lipinski definition) is 2. The maximum absolute atomic E-state index is 12.2. The topological polar surface area (TPSA) is 70.2 Å². The van der Waals surface area contributed by atoms with Crippen LogP contribution in [0.4, 0.5) is 10.5 Å². The molecule has 0 aromatic heterocycles. The van der Waals surface area contributed by atoms with Gasteiger partial charge < -0.3 is 16.0 Å². The van der Waals surface area contributed by atoms with Crippen LogP contribution in [0.1, 0.15) is 48.0 Å². The number of carbonyl (C=O) groups excluding carboxylic acids is 2. The number of amides is 3. The molecule has 5 nitrogen and oxygen atoms in total. The average molecular weight is 351 g/mol. The van der Waals surface area contributed by atoms with Gasteiger partial charge in [0, 0.05) is 23.8 Å². The molecule has 0 unspecified atom stereocenters. The van der Waals surface area contributed by atoms with E-state index in [-0.39, 0.29) is 18.0 Å². The van der Waals surface area contributed by atoms with Crippen LogP contribution in [0.3, 0.4) is 0 Å². The molecule has 1 saturated carbocycles. The molecule has 136 valence electrons. The highest BCUT2D eigenvalue weighted by molar-refractivity contribution is 5.95. The first-order valence-corrected chi connectivity index (χ1v) is 9.20. The third kappa shape index (κ3) is 5.34. The van der Waals surface area contributed by atoms with Crippen LogP contribution in [-0.4, -0.2) is 18.0 Å². The maximum Gasteiger partial charge on any atom is 0.319 e. The smallest absolute Gasteiger partial charge is 0.319 e. The lowest BCUT2D eigenvalue weighted by Gasteiger charge is -2.22. The second-order valence-corrected chi connectivity index (χ2v) is 6.68. The van der Waals surface area contributed by atoms with Crippen molar-refractivity contribution in [3.05, 3.63) is 65.7 Å². The molecule has 0 saturated heterocycles. The SMILES string of the molecule is O=C(Nc1ccc(C(=O)NCc2ccccc2)cc1)NC1CCCCC1. The Morgan fingerprint density at radius 2 is 1.58 bits per heavy atom. The van der Waals surface area contributed by atoms with Gasteiger partial charge in [-0.3, -0.25) is 4.79 Å². The highest BCUT2D eigenvalue weighted by Crippen LogP contribution is 2.17. The van der Waals surface area contributed by atoms with Crippen LogP contribution in [-0.2, 0) is 6.54 Å². The quantitative estimate of drug-likeness (QED) is 0.760. The van der Waals surface area contributed by atoms with Crippen molar-refractivity contribution < 1.29 is 9.59 Å². The van der Waals surface area contributed by atoms with Crippen LogP contribution in [0.15, 0.2) is 54.6 Å². The van der Waals surface area contributed by atoms with E-state index in [2.05, 4.69) is 16.0 Å². The minimum atomic E-state index is -0.182. The fourth-order valence-electron chi connectivity index (χ4n) is 3.18. The molecular formula is C21H25N3O2. The van der Waals surface area contributed by atoms with E-state index in [1.165, 1.54) is 19.3 Å². The largest absolute Gasteiger partial charge is 0.348 e. The van der Waals surface area contributed by atoms with Gasteiger partial charge in [-0.1, -0.05) is 49.6 Å². The van der Waals surface area contributed by atoms with Gasteiger partial charge in [0.05, 0.1) is 0 Å². The molecule has 0 radical (unpaired) electrons. The Hall–Kier alpha value is -2.82. The van der Waals surface area contributed by atoms with E-state index in [9.17, 15) is 9.59 Å². The van der Waals surface area contributed by atoms with E-state index in [1.54, 1.807) is 24.3 Å². The number of hydrogen-bond donors (Lipinski definition) is 3. The molecule has 2 aromatic carbocycles. The lowest BCUT2D eigenvalue weighted by Crippen LogP contribution is -2.39. The van der Waals surface area contributed by atoms with Crippen molar-refractivity contribution in [3.8, 4) is 0 Å². The Labute approximate surface area is 154 Å². The van der Waals surface area contributed by atoms with E-state index in [1.807, 2.05) is 30.3 Å². The van der Waals surface area contributed by atoms with E-state index in [0.717, 1.165) is 18.4 Å². The van der Waals surface area contributed by atoms with Gasteiger partial charge in [-0.25, -0.2) is 4.79 Å². The fraction of sp³-hybridized carbons (Fsp3) is 0.333. The summed E-state index contributed by atoms with van der Waals surface area (Å²) in [7, 11) is 0. The van der Waals surface area contributed by atoms with Crippen LogP contribution in [0.2, 0.25) is 0 Å². The summed E-state index contributed by atoms with van der Waals surface area (Å²) in [5.41, 5.74) is 2.30.